The van der Waals surface area contributed by atoms with Crippen molar-refractivity contribution >= 4 is 22.8 Å². The van der Waals surface area contributed by atoms with E-state index in [0.717, 1.165) is 5.39 Å². The van der Waals surface area contributed by atoms with E-state index in [1.807, 2.05) is 32.0 Å². The molecule has 22 heavy (non-hydrogen) atoms. The van der Waals surface area contributed by atoms with Crippen LogP contribution in [0.25, 0.3) is 10.9 Å². The number of amides is 1. The van der Waals surface area contributed by atoms with E-state index in [9.17, 15) is 9.59 Å². The number of methoxy groups -OCH3 is 1. The van der Waals surface area contributed by atoms with E-state index < -0.39 is 12.0 Å². The minimum Gasteiger partial charge on any atom is -0.467 e. The monoisotopic (exact) mass is 300 g/mol. The number of benzene rings is 1. The third-order valence-corrected chi connectivity index (χ3v) is 3.38. The molecule has 1 aromatic heterocycles. The summed E-state index contributed by atoms with van der Waals surface area (Å²) in [6, 6.07) is 8.45. The minimum atomic E-state index is -0.656. The molecule has 0 saturated heterocycles. The van der Waals surface area contributed by atoms with Crippen LogP contribution in [-0.4, -0.2) is 30.0 Å². The van der Waals surface area contributed by atoms with E-state index in [1.165, 1.54) is 7.11 Å². The SMILES string of the molecule is COC(=O)[C@@H](CC(C)C)NC(=O)c1cccc2cccnc12. The van der Waals surface area contributed by atoms with Crippen LogP contribution in [0.15, 0.2) is 36.5 Å². The summed E-state index contributed by atoms with van der Waals surface area (Å²) in [7, 11) is 1.32. The van der Waals surface area contributed by atoms with Crippen molar-refractivity contribution in [2.45, 2.75) is 26.3 Å². The summed E-state index contributed by atoms with van der Waals surface area (Å²) in [4.78, 5) is 28.6. The zero-order valence-corrected chi connectivity index (χ0v) is 13.0. The van der Waals surface area contributed by atoms with Gasteiger partial charge in [-0.3, -0.25) is 9.78 Å². The summed E-state index contributed by atoms with van der Waals surface area (Å²) in [5.74, 6) is -0.495. The van der Waals surface area contributed by atoms with Crippen molar-refractivity contribution in [1.29, 1.82) is 0 Å². The first-order chi connectivity index (χ1) is 10.5. The molecule has 0 aliphatic rings. The molecule has 0 bridgehead atoms. The van der Waals surface area contributed by atoms with E-state index in [0.29, 0.717) is 17.5 Å². The molecule has 0 fully saturated rings. The topological polar surface area (TPSA) is 68.3 Å². The Hall–Kier alpha value is -2.43. The van der Waals surface area contributed by atoms with Crippen molar-refractivity contribution in [1.82, 2.24) is 10.3 Å². The average Bonchev–Trinajstić information content (AvgIpc) is 2.52. The Bertz CT molecular complexity index is 677. The largest absolute Gasteiger partial charge is 0.467 e. The Kier molecular flexibility index (Phi) is 5.09. The standard InChI is InChI=1S/C17H20N2O3/c1-11(2)10-14(17(21)22-3)19-16(20)13-8-4-6-12-7-5-9-18-15(12)13/h4-9,11,14H,10H2,1-3H3,(H,19,20)/t14-/m1/s1. The normalized spacial score (nSPS) is 12.2. The Morgan fingerprint density at radius 1 is 1.23 bits per heavy atom. The van der Waals surface area contributed by atoms with Crippen molar-refractivity contribution in [3.05, 3.63) is 42.1 Å². The van der Waals surface area contributed by atoms with Gasteiger partial charge in [0.15, 0.2) is 0 Å². The van der Waals surface area contributed by atoms with Crippen molar-refractivity contribution in [2.24, 2.45) is 5.92 Å². The molecule has 0 saturated carbocycles. The summed E-state index contributed by atoms with van der Waals surface area (Å²) < 4.78 is 4.77. The van der Waals surface area contributed by atoms with E-state index in [1.54, 1.807) is 18.3 Å². The number of carbonyl (C=O) groups is 2. The van der Waals surface area contributed by atoms with Crippen LogP contribution in [0, 0.1) is 5.92 Å². The Morgan fingerprint density at radius 2 is 1.95 bits per heavy atom. The number of rotatable bonds is 5. The third-order valence-electron chi connectivity index (χ3n) is 3.38. The van der Waals surface area contributed by atoms with Gasteiger partial charge in [-0.15, -0.1) is 0 Å². The van der Waals surface area contributed by atoms with Crippen LogP contribution in [0.1, 0.15) is 30.6 Å². The number of para-hydroxylation sites is 1. The van der Waals surface area contributed by atoms with Gasteiger partial charge >= 0.3 is 5.97 Å². The van der Waals surface area contributed by atoms with Crippen molar-refractivity contribution in [2.75, 3.05) is 7.11 Å². The summed E-state index contributed by atoms with van der Waals surface area (Å²) in [5.41, 5.74) is 1.08. The second-order valence-electron chi connectivity index (χ2n) is 5.56. The quantitative estimate of drug-likeness (QED) is 0.862. The molecule has 5 nitrogen and oxygen atoms in total. The predicted octanol–water partition coefficient (Wildman–Crippen LogP) is 2.55. The number of ether oxygens (including phenoxy) is 1. The zero-order chi connectivity index (χ0) is 16.1. The number of hydrogen-bond donors (Lipinski definition) is 1. The first-order valence-electron chi connectivity index (χ1n) is 7.25. The molecule has 2 aromatic rings. The molecule has 0 radical (unpaired) electrons. The first-order valence-corrected chi connectivity index (χ1v) is 7.25. The molecule has 1 aromatic carbocycles. The predicted molar refractivity (Wildman–Crippen MR) is 84.5 cm³/mol. The molecule has 5 heteroatoms. The number of hydrogen-bond acceptors (Lipinski definition) is 4. The molecule has 0 unspecified atom stereocenters. The molecular formula is C17H20N2O3. The smallest absolute Gasteiger partial charge is 0.328 e. The number of aromatic nitrogens is 1. The Balaban J connectivity index is 2.27. The maximum absolute atomic E-state index is 12.5. The summed E-state index contributed by atoms with van der Waals surface area (Å²) in [6.07, 6.45) is 2.17. The molecule has 0 aliphatic carbocycles. The van der Waals surface area contributed by atoms with Crippen molar-refractivity contribution in [3.8, 4) is 0 Å². The molecule has 1 atom stereocenters. The molecule has 1 N–H and O–H groups in total. The van der Waals surface area contributed by atoms with Crippen LogP contribution in [0.5, 0.6) is 0 Å². The molecule has 1 amide bonds. The van der Waals surface area contributed by atoms with Gasteiger partial charge in [0, 0.05) is 11.6 Å². The number of fused-ring (bicyclic) bond motifs is 1. The summed E-state index contributed by atoms with van der Waals surface area (Å²) in [6.45, 7) is 3.98. The van der Waals surface area contributed by atoms with Crippen LogP contribution in [0.4, 0.5) is 0 Å². The highest BCUT2D eigenvalue weighted by Crippen LogP contribution is 2.16. The van der Waals surface area contributed by atoms with Gasteiger partial charge < -0.3 is 10.1 Å². The number of esters is 1. The van der Waals surface area contributed by atoms with E-state index in [-0.39, 0.29) is 11.8 Å². The first kappa shape index (κ1) is 15.9. The van der Waals surface area contributed by atoms with Crippen LogP contribution in [0.3, 0.4) is 0 Å². The molecule has 1 heterocycles. The lowest BCUT2D eigenvalue weighted by atomic mass is 10.0. The fourth-order valence-electron chi connectivity index (χ4n) is 2.35. The van der Waals surface area contributed by atoms with Gasteiger partial charge in [-0.05, 0) is 24.5 Å². The zero-order valence-electron chi connectivity index (χ0n) is 13.0. The number of nitrogens with zero attached hydrogens (tertiary/aromatic N) is 1. The van der Waals surface area contributed by atoms with Crippen molar-refractivity contribution in [3.63, 3.8) is 0 Å². The van der Waals surface area contributed by atoms with E-state index in [2.05, 4.69) is 10.3 Å². The van der Waals surface area contributed by atoms with Gasteiger partial charge in [0.05, 0.1) is 18.2 Å². The molecule has 116 valence electrons. The van der Waals surface area contributed by atoms with E-state index >= 15 is 0 Å². The lowest BCUT2D eigenvalue weighted by Gasteiger charge is -2.18. The molecule has 0 spiro atoms. The maximum atomic E-state index is 12.5. The van der Waals surface area contributed by atoms with Gasteiger partial charge in [0.25, 0.3) is 5.91 Å². The van der Waals surface area contributed by atoms with Gasteiger partial charge in [0.2, 0.25) is 0 Å². The van der Waals surface area contributed by atoms with Crippen LogP contribution in [0.2, 0.25) is 0 Å². The number of pyridine rings is 1. The van der Waals surface area contributed by atoms with Gasteiger partial charge in [-0.2, -0.15) is 0 Å². The van der Waals surface area contributed by atoms with Crippen LogP contribution in [-0.2, 0) is 9.53 Å². The average molecular weight is 300 g/mol. The van der Waals surface area contributed by atoms with Crippen LogP contribution >= 0.6 is 0 Å². The molecular weight excluding hydrogens is 280 g/mol. The van der Waals surface area contributed by atoms with Crippen molar-refractivity contribution < 1.29 is 14.3 Å². The van der Waals surface area contributed by atoms with Gasteiger partial charge in [-0.1, -0.05) is 32.0 Å². The summed E-state index contributed by atoms with van der Waals surface area (Å²) >= 11 is 0. The fraction of sp³-hybridized carbons (Fsp3) is 0.353. The highest BCUT2D eigenvalue weighted by molar-refractivity contribution is 6.06. The fourth-order valence-corrected chi connectivity index (χ4v) is 2.35. The Morgan fingerprint density at radius 3 is 2.64 bits per heavy atom. The van der Waals surface area contributed by atoms with Gasteiger partial charge in [0.1, 0.15) is 6.04 Å². The second kappa shape index (κ2) is 7.02. The molecule has 2 rings (SSSR count). The minimum absolute atomic E-state index is 0.259. The third kappa shape index (κ3) is 3.61. The van der Waals surface area contributed by atoms with Gasteiger partial charge in [-0.25, -0.2) is 4.79 Å². The Labute approximate surface area is 129 Å². The number of nitrogens with one attached hydrogen (secondary N) is 1. The van der Waals surface area contributed by atoms with Crippen LogP contribution < -0.4 is 5.32 Å². The highest BCUT2D eigenvalue weighted by atomic mass is 16.5. The lowest BCUT2D eigenvalue weighted by Crippen LogP contribution is -2.42. The number of carbonyl (C=O) groups excluding carboxylic acids is 2. The second-order valence-corrected chi connectivity index (χ2v) is 5.56. The highest BCUT2D eigenvalue weighted by Gasteiger charge is 2.24. The maximum Gasteiger partial charge on any atom is 0.328 e. The summed E-state index contributed by atoms with van der Waals surface area (Å²) in [5, 5.41) is 3.64. The van der Waals surface area contributed by atoms with E-state index in [4.69, 9.17) is 4.74 Å². The lowest BCUT2D eigenvalue weighted by molar-refractivity contribution is -0.143. The molecule has 0 aliphatic heterocycles.